The molecule has 3 rings (SSSR count). The lowest BCUT2D eigenvalue weighted by atomic mass is 9.95. The van der Waals surface area contributed by atoms with E-state index < -0.39 is 0 Å². The van der Waals surface area contributed by atoms with E-state index in [-0.39, 0.29) is 0 Å². The molecule has 3 heterocycles. The second-order valence-corrected chi connectivity index (χ2v) is 6.19. The topological polar surface area (TPSA) is 42.7 Å². The summed E-state index contributed by atoms with van der Waals surface area (Å²) < 4.78 is 2.32. The minimum absolute atomic E-state index is 0.453. The third-order valence-electron chi connectivity index (χ3n) is 3.85. The molecule has 0 spiro atoms. The molecule has 19 heavy (non-hydrogen) atoms. The maximum Gasteiger partial charge on any atom is 0.0970 e. The molecule has 1 saturated heterocycles. The Bertz CT molecular complexity index is 499. The summed E-state index contributed by atoms with van der Waals surface area (Å²) in [7, 11) is 0. The van der Waals surface area contributed by atoms with Gasteiger partial charge in [0.1, 0.15) is 0 Å². The van der Waals surface area contributed by atoms with Crippen molar-refractivity contribution in [2.45, 2.75) is 38.1 Å². The first-order chi connectivity index (χ1) is 9.34. The van der Waals surface area contributed by atoms with Crippen LogP contribution >= 0.6 is 11.3 Å². The van der Waals surface area contributed by atoms with Crippen molar-refractivity contribution in [1.82, 2.24) is 19.9 Å². The van der Waals surface area contributed by atoms with Crippen molar-refractivity contribution < 1.29 is 0 Å². The highest BCUT2D eigenvalue weighted by Gasteiger charge is 2.20. The molecule has 1 unspecified atom stereocenters. The smallest absolute Gasteiger partial charge is 0.0970 e. The molecule has 4 nitrogen and oxygen atoms in total. The summed E-state index contributed by atoms with van der Waals surface area (Å²) in [5, 5.41) is 6.68. The number of nitrogens with one attached hydrogen (secondary N) is 1. The molecule has 2 aromatic heterocycles. The summed E-state index contributed by atoms with van der Waals surface area (Å²) in [6.07, 6.45) is 8.35. The van der Waals surface area contributed by atoms with Gasteiger partial charge in [-0.15, -0.1) is 11.3 Å². The fourth-order valence-electron chi connectivity index (χ4n) is 2.79. The number of nitrogens with zero attached hydrogens (tertiary/aromatic N) is 3. The van der Waals surface area contributed by atoms with Gasteiger partial charge in [-0.2, -0.15) is 0 Å². The molecule has 0 bridgehead atoms. The number of imidazole rings is 1. The maximum absolute atomic E-state index is 4.41. The van der Waals surface area contributed by atoms with E-state index in [0.717, 1.165) is 19.6 Å². The molecule has 1 atom stereocenters. The van der Waals surface area contributed by atoms with E-state index >= 15 is 0 Å². The van der Waals surface area contributed by atoms with Gasteiger partial charge in [0.25, 0.3) is 0 Å². The average molecular weight is 276 g/mol. The summed E-state index contributed by atoms with van der Waals surface area (Å²) in [5.41, 5.74) is 1.39. The molecule has 1 aliphatic heterocycles. The lowest BCUT2D eigenvalue weighted by Gasteiger charge is -2.24. The van der Waals surface area contributed by atoms with E-state index in [0.29, 0.717) is 11.8 Å². The monoisotopic (exact) mass is 276 g/mol. The minimum atomic E-state index is 0.453. The number of piperidine rings is 1. The molecule has 1 fully saturated rings. The van der Waals surface area contributed by atoms with Crippen molar-refractivity contribution in [3.63, 3.8) is 0 Å². The number of hydrogen-bond acceptors (Lipinski definition) is 4. The zero-order valence-electron chi connectivity index (χ0n) is 11.2. The van der Waals surface area contributed by atoms with Gasteiger partial charge in [-0.05, 0) is 25.9 Å². The predicted octanol–water partition coefficient (Wildman–Crippen LogP) is 2.61. The molecule has 5 heteroatoms. The van der Waals surface area contributed by atoms with Crippen molar-refractivity contribution >= 4 is 11.3 Å². The molecule has 0 saturated carbocycles. The number of rotatable bonds is 4. The third kappa shape index (κ3) is 2.87. The highest BCUT2D eigenvalue weighted by molar-refractivity contribution is 7.09. The first kappa shape index (κ1) is 12.8. The molecular formula is C14H20N4S. The Morgan fingerprint density at radius 1 is 1.47 bits per heavy atom. The lowest BCUT2D eigenvalue weighted by Crippen LogP contribution is -2.27. The van der Waals surface area contributed by atoms with E-state index in [2.05, 4.69) is 26.8 Å². The highest BCUT2D eigenvalue weighted by Crippen LogP contribution is 2.27. The normalized spacial score (nSPS) is 18.6. The average Bonchev–Trinajstić information content (AvgIpc) is 3.11. The molecule has 1 aliphatic rings. The van der Waals surface area contributed by atoms with Gasteiger partial charge >= 0.3 is 0 Å². The van der Waals surface area contributed by atoms with Gasteiger partial charge in [-0.3, -0.25) is 0 Å². The van der Waals surface area contributed by atoms with E-state index in [1.54, 1.807) is 11.3 Å². The van der Waals surface area contributed by atoms with Crippen LogP contribution in [0.4, 0.5) is 0 Å². The summed E-state index contributed by atoms with van der Waals surface area (Å²) >= 11 is 1.74. The Hall–Kier alpha value is -1.20. The third-order valence-corrected chi connectivity index (χ3v) is 4.85. The van der Waals surface area contributed by atoms with Crippen molar-refractivity contribution in [2.75, 3.05) is 13.1 Å². The van der Waals surface area contributed by atoms with Gasteiger partial charge in [0.05, 0.1) is 11.3 Å². The molecular weight excluding hydrogens is 256 g/mol. The van der Waals surface area contributed by atoms with Crippen molar-refractivity contribution in [3.8, 4) is 0 Å². The molecule has 0 radical (unpaired) electrons. The van der Waals surface area contributed by atoms with Crippen LogP contribution in [0.15, 0.2) is 24.1 Å². The van der Waals surface area contributed by atoms with Crippen LogP contribution in [-0.4, -0.2) is 27.6 Å². The van der Waals surface area contributed by atoms with Crippen molar-refractivity contribution in [2.24, 2.45) is 0 Å². The second kappa shape index (κ2) is 5.84. The Balaban J connectivity index is 1.73. The standard InChI is InChI=1S/C14H20N4S/c1-11(14-17-6-7-19-14)9-18-10-16-8-13(18)12-2-4-15-5-3-12/h6-8,10-12,15H,2-5,9H2,1H3. The Morgan fingerprint density at radius 2 is 2.32 bits per heavy atom. The molecule has 0 aromatic carbocycles. The fraction of sp³-hybridized carbons (Fsp3) is 0.571. The molecule has 0 aliphatic carbocycles. The van der Waals surface area contributed by atoms with Gasteiger partial charge in [-0.1, -0.05) is 6.92 Å². The first-order valence-corrected chi connectivity index (χ1v) is 7.82. The van der Waals surface area contributed by atoms with Crippen LogP contribution in [-0.2, 0) is 6.54 Å². The largest absolute Gasteiger partial charge is 0.334 e. The Morgan fingerprint density at radius 3 is 3.05 bits per heavy atom. The van der Waals surface area contributed by atoms with Gasteiger partial charge in [-0.25, -0.2) is 9.97 Å². The van der Waals surface area contributed by atoms with E-state index in [9.17, 15) is 0 Å². The first-order valence-electron chi connectivity index (χ1n) is 6.94. The van der Waals surface area contributed by atoms with Crippen LogP contribution in [0, 0.1) is 0 Å². The van der Waals surface area contributed by atoms with E-state index in [1.165, 1.54) is 23.5 Å². The number of hydrogen-bond donors (Lipinski definition) is 1. The van der Waals surface area contributed by atoms with Crippen LogP contribution < -0.4 is 5.32 Å². The quantitative estimate of drug-likeness (QED) is 0.933. The Kier molecular flexibility index (Phi) is 3.94. The SMILES string of the molecule is CC(Cn1cncc1C1CCNCC1)c1nccs1. The van der Waals surface area contributed by atoms with Crippen LogP contribution in [0.2, 0.25) is 0 Å². The van der Waals surface area contributed by atoms with Crippen LogP contribution in [0.1, 0.15) is 42.3 Å². The van der Waals surface area contributed by atoms with Crippen molar-refractivity contribution in [3.05, 3.63) is 34.8 Å². The molecule has 102 valence electrons. The zero-order chi connectivity index (χ0) is 13.1. The fourth-order valence-corrected chi connectivity index (χ4v) is 3.48. The van der Waals surface area contributed by atoms with Crippen LogP contribution in [0.5, 0.6) is 0 Å². The van der Waals surface area contributed by atoms with Gasteiger partial charge < -0.3 is 9.88 Å². The molecule has 0 amide bonds. The Labute approximate surface area is 117 Å². The highest BCUT2D eigenvalue weighted by atomic mass is 32.1. The van der Waals surface area contributed by atoms with Gasteiger partial charge in [0.15, 0.2) is 0 Å². The summed E-state index contributed by atoms with van der Waals surface area (Å²) in [6, 6.07) is 0. The van der Waals surface area contributed by atoms with E-state index in [1.807, 2.05) is 24.1 Å². The predicted molar refractivity (Wildman–Crippen MR) is 77.6 cm³/mol. The zero-order valence-corrected chi connectivity index (χ0v) is 12.1. The summed E-state index contributed by atoms with van der Waals surface area (Å²) in [4.78, 5) is 8.77. The van der Waals surface area contributed by atoms with Crippen molar-refractivity contribution in [1.29, 1.82) is 0 Å². The lowest BCUT2D eigenvalue weighted by molar-refractivity contribution is 0.433. The maximum atomic E-state index is 4.41. The van der Waals surface area contributed by atoms with Gasteiger partial charge in [0, 0.05) is 41.8 Å². The number of aromatic nitrogens is 3. The second-order valence-electron chi connectivity index (χ2n) is 5.27. The molecule has 1 N–H and O–H groups in total. The summed E-state index contributed by atoms with van der Waals surface area (Å²) in [5.74, 6) is 1.11. The van der Waals surface area contributed by atoms with E-state index in [4.69, 9.17) is 0 Å². The summed E-state index contributed by atoms with van der Waals surface area (Å²) in [6.45, 7) is 5.47. The van der Waals surface area contributed by atoms with Crippen LogP contribution in [0.3, 0.4) is 0 Å². The van der Waals surface area contributed by atoms with Crippen LogP contribution in [0.25, 0.3) is 0 Å². The van der Waals surface area contributed by atoms with Gasteiger partial charge in [0.2, 0.25) is 0 Å². The minimum Gasteiger partial charge on any atom is -0.334 e. The molecule has 2 aromatic rings. The number of thiazole rings is 1.